The van der Waals surface area contributed by atoms with E-state index in [9.17, 15) is 0 Å². The maximum absolute atomic E-state index is 6.13. The van der Waals surface area contributed by atoms with Crippen LogP contribution in [0.2, 0.25) is 0 Å². The maximum atomic E-state index is 6.13. The van der Waals surface area contributed by atoms with Crippen molar-refractivity contribution in [1.29, 1.82) is 0 Å². The van der Waals surface area contributed by atoms with Crippen LogP contribution in [0, 0.1) is 23.7 Å². The maximum Gasteiger partial charge on any atom is 0.186 e. The second-order valence-corrected chi connectivity index (χ2v) is 6.74. The third-order valence-corrected chi connectivity index (χ3v) is 4.77. The molecule has 0 aliphatic rings. The van der Waals surface area contributed by atoms with E-state index in [-0.39, 0.29) is 0 Å². The molecule has 5 aromatic rings. The number of furan rings is 1. The molecule has 0 unspecified atom stereocenters. The summed E-state index contributed by atoms with van der Waals surface area (Å²) in [6, 6.07) is 32.4. The molecule has 5 rings (SSSR count). The van der Waals surface area contributed by atoms with Gasteiger partial charge in [0.25, 0.3) is 0 Å². The lowest BCUT2D eigenvalue weighted by Crippen LogP contribution is -1.76. The van der Waals surface area contributed by atoms with Crippen LogP contribution in [0.1, 0.15) is 22.6 Å². The van der Waals surface area contributed by atoms with Gasteiger partial charge in [0.05, 0.1) is 0 Å². The average Bonchev–Trinajstić information content (AvgIpc) is 3.12. The molecule has 29 heavy (non-hydrogen) atoms. The zero-order valence-corrected chi connectivity index (χ0v) is 15.6. The first-order valence-corrected chi connectivity index (χ1v) is 9.46. The van der Waals surface area contributed by atoms with Gasteiger partial charge in [-0.2, -0.15) is 0 Å². The molecule has 0 N–H and O–H groups in total. The van der Waals surface area contributed by atoms with Crippen molar-refractivity contribution in [2.45, 2.75) is 0 Å². The Kier molecular flexibility index (Phi) is 4.34. The third kappa shape index (κ3) is 3.51. The molecule has 0 fully saturated rings. The van der Waals surface area contributed by atoms with Crippen molar-refractivity contribution < 1.29 is 4.42 Å². The van der Waals surface area contributed by atoms with Crippen molar-refractivity contribution >= 4 is 21.5 Å². The molecule has 0 amide bonds. The highest BCUT2D eigenvalue weighted by Crippen LogP contribution is 2.30. The summed E-state index contributed by atoms with van der Waals surface area (Å²) in [6.07, 6.45) is 0. The van der Waals surface area contributed by atoms with Crippen molar-refractivity contribution in [2.24, 2.45) is 0 Å². The van der Waals surface area contributed by atoms with E-state index in [1.807, 2.05) is 72.8 Å². The van der Waals surface area contributed by atoms with Gasteiger partial charge in [-0.05, 0) is 59.0 Å². The summed E-state index contributed by atoms with van der Waals surface area (Å²) in [5.74, 6) is 14.1. The van der Waals surface area contributed by atoms with E-state index in [1.165, 1.54) is 0 Å². The Hall–Kier alpha value is -4.20. The first-order chi connectivity index (χ1) is 14.4. The average molecular weight is 368 g/mol. The molecule has 0 spiro atoms. The molecule has 134 valence electrons. The monoisotopic (exact) mass is 368 g/mol. The molecule has 0 saturated carbocycles. The number of benzene rings is 4. The van der Waals surface area contributed by atoms with Crippen molar-refractivity contribution in [2.75, 3.05) is 0 Å². The van der Waals surface area contributed by atoms with E-state index >= 15 is 0 Å². The first kappa shape index (κ1) is 16.9. The Labute approximate surface area is 169 Å². The molecule has 0 aliphatic carbocycles. The molecule has 0 aliphatic heterocycles. The fourth-order valence-electron chi connectivity index (χ4n) is 3.31. The SMILES string of the molecule is C(#Cc1oc(C#Cc2ccccc2)c2cc3ccccc3cc12)c1ccccc1. The smallest absolute Gasteiger partial charge is 0.186 e. The third-order valence-electron chi connectivity index (χ3n) is 4.77. The van der Waals surface area contributed by atoms with Gasteiger partial charge in [-0.25, -0.2) is 0 Å². The fraction of sp³-hybridized carbons (Fsp3) is 0. The summed E-state index contributed by atoms with van der Waals surface area (Å²) in [6.45, 7) is 0. The number of rotatable bonds is 0. The van der Waals surface area contributed by atoms with Crippen LogP contribution < -0.4 is 0 Å². The fourth-order valence-corrected chi connectivity index (χ4v) is 3.31. The normalized spacial score (nSPS) is 10.2. The predicted octanol–water partition coefficient (Wildman–Crippen LogP) is 6.39. The molecule has 1 aromatic heterocycles. The highest BCUT2D eigenvalue weighted by Gasteiger charge is 2.12. The highest BCUT2D eigenvalue weighted by molar-refractivity contribution is 6.02. The van der Waals surface area contributed by atoms with Crippen LogP contribution in [0.25, 0.3) is 21.5 Å². The summed E-state index contributed by atoms with van der Waals surface area (Å²) in [7, 11) is 0. The number of fused-ring (bicyclic) bond motifs is 2. The zero-order valence-electron chi connectivity index (χ0n) is 15.6. The summed E-state index contributed by atoms with van der Waals surface area (Å²) in [4.78, 5) is 0. The second kappa shape index (κ2) is 7.43. The van der Waals surface area contributed by atoms with Gasteiger partial charge in [-0.1, -0.05) is 72.5 Å². The predicted molar refractivity (Wildman–Crippen MR) is 119 cm³/mol. The lowest BCUT2D eigenvalue weighted by Gasteiger charge is -1.97. The Morgan fingerprint density at radius 2 is 0.862 bits per heavy atom. The van der Waals surface area contributed by atoms with Crippen LogP contribution in [0.3, 0.4) is 0 Å². The van der Waals surface area contributed by atoms with E-state index in [1.54, 1.807) is 0 Å². The molecule has 0 radical (unpaired) electrons. The van der Waals surface area contributed by atoms with E-state index in [4.69, 9.17) is 4.42 Å². The highest BCUT2D eigenvalue weighted by atomic mass is 16.3. The van der Waals surface area contributed by atoms with Gasteiger partial charge >= 0.3 is 0 Å². The molecule has 0 bridgehead atoms. The molecule has 0 atom stereocenters. The number of hydrogen-bond donors (Lipinski definition) is 0. The Morgan fingerprint density at radius 1 is 0.448 bits per heavy atom. The van der Waals surface area contributed by atoms with Gasteiger partial charge in [0, 0.05) is 21.9 Å². The quantitative estimate of drug-likeness (QED) is 0.289. The van der Waals surface area contributed by atoms with Gasteiger partial charge in [0.1, 0.15) is 0 Å². The molecule has 1 heterocycles. The first-order valence-electron chi connectivity index (χ1n) is 9.46. The number of hydrogen-bond acceptors (Lipinski definition) is 1. The molecule has 1 nitrogen and oxygen atoms in total. The van der Waals surface area contributed by atoms with Gasteiger partial charge in [-0.3, -0.25) is 0 Å². The largest absolute Gasteiger partial charge is 0.438 e. The van der Waals surface area contributed by atoms with Crippen LogP contribution >= 0.6 is 0 Å². The lowest BCUT2D eigenvalue weighted by molar-refractivity contribution is 0.547. The van der Waals surface area contributed by atoms with Gasteiger partial charge in [-0.15, -0.1) is 0 Å². The second-order valence-electron chi connectivity index (χ2n) is 6.74. The van der Waals surface area contributed by atoms with Crippen LogP contribution in [0.4, 0.5) is 0 Å². The van der Waals surface area contributed by atoms with Gasteiger partial charge in [0.2, 0.25) is 0 Å². The van der Waals surface area contributed by atoms with E-state index < -0.39 is 0 Å². The van der Waals surface area contributed by atoms with Crippen molar-refractivity contribution in [3.8, 4) is 23.7 Å². The van der Waals surface area contributed by atoms with E-state index in [2.05, 4.69) is 47.9 Å². The van der Waals surface area contributed by atoms with E-state index in [0.29, 0.717) is 11.5 Å². The molecular weight excluding hydrogens is 352 g/mol. The molecule has 0 saturated heterocycles. The van der Waals surface area contributed by atoms with Crippen LogP contribution in [0.5, 0.6) is 0 Å². The Morgan fingerprint density at radius 3 is 1.31 bits per heavy atom. The van der Waals surface area contributed by atoms with Crippen LogP contribution in [-0.2, 0) is 0 Å². The van der Waals surface area contributed by atoms with Crippen molar-refractivity contribution in [3.05, 3.63) is 120 Å². The minimum atomic E-state index is 0.645. The van der Waals surface area contributed by atoms with E-state index in [0.717, 1.165) is 32.7 Å². The summed E-state index contributed by atoms with van der Waals surface area (Å²) in [5.41, 5.74) is 1.91. The van der Waals surface area contributed by atoms with Crippen LogP contribution in [-0.4, -0.2) is 0 Å². The lowest BCUT2D eigenvalue weighted by atomic mass is 10.0. The van der Waals surface area contributed by atoms with Gasteiger partial charge < -0.3 is 4.42 Å². The van der Waals surface area contributed by atoms with Crippen molar-refractivity contribution in [3.63, 3.8) is 0 Å². The standard InChI is InChI=1S/C28H16O/c1-3-9-21(10-4-1)15-17-27-25-19-23-13-7-8-14-24(23)20-26(25)28(29-27)18-16-22-11-5-2-6-12-22/h1-14,19-20H. The summed E-state index contributed by atoms with van der Waals surface area (Å²) >= 11 is 0. The van der Waals surface area contributed by atoms with Crippen LogP contribution in [0.15, 0.2) is 101 Å². The Balaban J connectivity index is 1.69. The van der Waals surface area contributed by atoms with Gasteiger partial charge in [0.15, 0.2) is 11.5 Å². The minimum absolute atomic E-state index is 0.645. The Bertz CT molecular complexity index is 1320. The van der Waals surface area contributed by atoms with Crippen molar-refractivity contribution in [1.82, 2.24) is 0 Å². The summed E-state index contributed by atoms with van der Waals surface area (Å²) < 4.78 is 6.13. The summed E-state index contributed by atoms with van der Waals surface area (Å²) in [5, 5.41) is 4.30. The molecule has 1 heteroatoms. The zero-order chi connectivity index (χ0) is 19.5. The topological polar surface area (TPSA) is 13.1 Å². The minimum Gasteiger partial charge on any atom is -0.438 e. The molecule has 4 aromatic carbocycles. The molecular formula is C28H16O.